The van der Waals surface area contributed by atoms with Gasteiger partial charge in [0.25, 0.3) is 0 Å². The molecule has 0 atom stereocenters. The summed E-state index contributed by atoms with van der Waals surface area (Å²) in [6.07, 6.45) is 1.74. The van der Waals surface area contributed by atoms with Gasteiger partial charge in [0.1, 0.15) is 18.2 Å². The third-order valence-electron chi connectivity index (χ3n) is 3.48. The summed E-state index contributed by atoms with van der Waals surface area (Å²) in [7, 11) is 0. The van der Waals surface area contributed by atoms with Crippen molar-refractivity contribution in [1.82, 2.24) is 0 Å². The van der Waals surface area contributed by atoms with Crippen molar-refractivity contribution in [2.75, 3.05) is 0 Å². The molecule has 0 saturated heterocycles. The SMILES string of the molecule is Fc1ccccc1COc1c(Br)cc(Br)cc1C=Nc1ccccc1. The monoisotopic (exact) mass is 461 g/mol. The van der Waals surface area contributed by atoms with Crippen molar-refractivity contribution in [3.63, 3.8) is 0 Å². The van der Waals surface area contributed by atoms with E-state index in [1.165, 1.54) is 6.07 Å². The van der Waals surface area contributed by atoms with Gasteiger partial charge in [-0.3, -0.25) is 4.99 Å². The largest absolute Gasteiger partial charge is 0.487 e. The molecule has 0 bridgehead atoms. The first-order valence-electron chi connectivity index (χ1n) is 7.58. The van der Waals surface area contributed by atoms with Crippen molar-refractivity contribution in [3.8, 4) is 5.75 Å². The highest BCUT2D eigenvalue weighted by molar-refractivity contribution is 9.11. The molecule has 0 aromatic heterocycles. The van der Waals surface area contributed by atoms with Crippen LogP contribution in [0.5, 0.6) is 5.75 Å². The Labute approximate surface area is 162 Å². The van der Waals surface area contributed by atoms with Gasteiger partial charge >= 0.3 is 0 Å². The molecule has 5 heteroatoms. The average molecular weight is 463 g/mol. The number of hydrogen-bond donors (Lipinski definition) is 0. The maximum Gasteiger partial charge on any atom is 0.142 e. The Hall–Kier alpha value is -1.98. The molecule has 0 aliphatic heterocycles. The molecule has 0 amide bonds. The van der Waals surface area contributed by atoms with Crippen LogP contribution in [0.25, 0.3) is 0 Å². The van der Waals surface area contributed by atoms with Gasteiger partial charge in [-0.25, -0.2) is 4.39 Å². The summed E-state index contributed by atoms with van der Waals surface area (Å²) in [5.41, 5.74) is 2.14. The minimum absolute atomic E-state index is 0.138. The molecule has 0 heterocycles. The molecule has 3 aromatic carbocycles. The molecule has 0 aliphatic rings. The summed E-state index contributed by atoms with van der Waals surface area (Å²) in [5.74, 6) is 0.335. The quantitative estimate of drug-likeness (QED) is 0.387. The summed E-state index contributed by atoms with van der Waals surface area (Å²) in [6.45, 7) is 0.138. The molecule has 3 aromatic rings. The normalized spacial score (nSPS) is 11.0. The van der Waals surface area contributed by atoms with Crippen molar-refractivity contribution in [2.45, 2.75) is 6.61 Å². The highest BCUT2D eigenvalue weighted by Gasteiger charge is 2.11. The molecule has 0 unspecified atom stereocenters. The molecule has 3 rings (SSSR count). The highest BCUT2D eigenvalue weighted by atomic mass is 79.9. The number of hydrogen-bond acceptors (Lipinski definition) is 2. The van der Waals surface area contributed by atoms with E-state index in [9.17, 15) is 4.39 Å². The predicted molar refractivity (Wildman–Crippen MR) is 106 cm³/mol. The Morgan fingerprint density at radius 3 is 2.44 bits per heavy atom. The molecule has 0 N–H and O–H groups in total. The first kappa shape index (κ1) is 17.8. The fourth-order valence-corrected chi connectivity index (χ4v) is 3.62. The lowest BCUT2D eigenvalue weighted by Gasteiger charge is -2.12. The van der Waals surface area contributed by atoms with Crippen molar-refractivity contribution in [2.24, 2.45) is 4.99 Å². The number of nitrogens with zero attached hydrogens (tertiary/aromatic N) is 1. The zero-order chi connectivity index (χ0) is 17.6. The molecule has 2 nitrogen and oxygen atoms in total. The standard InChI is InChI=1S/C20H14Br2FNO/c21-16-10-15(12-24-17-7-2-1-3-8-17)20(18(22)11-16)25-13-14-6-4-5-9-19(14)23/h1-12H,13H2. The smallest absolute Gasteiger partial charge is 0.142 e. The number of benzene rings is 3. The Balaban J connectivity index is 1.88. The summed E-state index contributed by atoms with van der Waals surface area (Å²) in [4.78, 5) is 4.47. The zero-order valence-electron chi connectivity index (χ0n) is 13.1. The van der Waals surface area contributed by atoms with Crippen molar-refractivity contribution in [3.05, 3.63) is 92.6 Å². The van der Waals surface area contributed by atoms with Crippen LogP contribution < -0.4 is 4.74 Å². The number of halogens is 3. The Morgan fingerprint density at radius 2 is 1.68 bits per heavy atom. The first-order valence-corrected chi connectivity index (χ1v) is 9.16. The van der Waals surface area contributed by atoms with E-state index >= 15 is 0 Å². The van der Waals surface area contributed by atoms with Gasteiger partial charge in [0.15, 0.2) is 0 Å². The third kappa shape index (κ3) is 4.77. The topological polar surface area (TPSA) is 21.6 Å². The fraction of sp³-hybridized carbons (Fsp3) is 0.0500. The molecule has 0 aliphatic carbocycles. The van der Waals surface area contributed by atoms with E-state index < -0.39 is 0 Å². The molecule has 0 saturated carbocycles. The van der Waals surface area contributed by atoms with E-state index in [2.05, 4.69) is 36.9 Å². The van der Waals surface area contributed by atoms with E-state index in [1.54, 1.807) is 24.4 Å². The van der Waals surface area contributed by atoms with Gasteiger partial charge in [0.2, 0.25) is 0 Å². The second-order valence-corrected chi connectivity index (χ2v) is 7.05. The van der Waals surface area contributed by atoms with Crippen molar-refractivity contribution in [1.29, 1.82) is 0 Å². The van der Waals surface area contributed by atoms with Crippen LogP contribution in [0.2, 0.25) is 0 Å². The first-order chi connectivity index (χ1) is 12.1. The Kier molecular flexibility index (Phi) is 6.00. The molecule has 25 heavy (non-hydrogen) atoms. The predicted octanol–water partition coefficient (Wildman–Crippen LogP) is 6.68. The van der Waals surface area contributed by atoms with Gasteiger partial charge in [-0.1, -0.05) is 52.3 Å². The highest BCUT2D eigenvalue weighted by Crippen LogP contribution is 2.33. The van der Waals surface area contributed by atoms with E-state index in [1.807, 2.05) is 42.5 Å². The lowest BCUT2D eigenvalue weighted by Crippen LogP contribution is -2.01. The van der Waals surface area contributed by atoms with Crippen LogP contribution in [0.4, 0.5) is 10.1 Å². The van der Waals surface area contributed by atoms with Crippen molar-refractivity contribution < 1.29 is 9.13 Å². The average Bonchev–Trinajstić information content (AvgIpc) is 2.61. The summed E-state index contributed by atoms with van der Waals surface area (Å²) < 4.78 is 21.3. The summed E-state index contributed by atoms with van der Waals surface area (Å²) >= 11 is 6.98. The van der Waals surface area contributed by atoms with Crippen LogP contribution in [-0.4, -0.2) is 6.21 Å². The van der Waals surface area contributed by atoms with E-state index in [4.69, 9.17) is 4.74 Å². The van der Waals surface area contributed by atoms with E-state index in [-0.39, 0.29) is 12.4 Å². The van der Waals surface area contributed by atoms with E-state index in [0.29, 0.717) is 11.3 Å². The molecule has 0 radical (unpaired) electrons. The van der Waals surface area contributed by atoms with Crippen LogP contribution >= 0.6 is 31.9 Å². The maximum atomic E-state index is 13.8. The van der Waals surface area contributed by atoms with Gasteiger partial charge in [-0.05, 0) is 46.3 Å². The van der Waals surface area contributed by atoms with Crippen molar-refractivity contribution >= 4 is 43.8 Å². The molecule has 0 spiro atoms. The van der Waals surface area contributed by atoms with Crippen LogP contribution in [0, 0.1) is 5.82 Å². The lowest BCUT2D eigenvalue weighted by atomic mass is 10.2. The van der Waals surface area contributed by atoms with Crippen LogP contribution in [0.15, 0.2) is 80.7 Å². The molecular weight excluding hydrogens is 449 g/mol. The van der Waals surface area contributed by atoms with Gasteiger partial charge in [-0.2, -0.15) is 0 Å². The Morgan fingerprint density at radius 1 is 0.960 bits per heavy atom. The maximum absolute atomic E-state index is 13.8. The number of aliphatic imine (C=N–C) groups is 1. The van der Waals surface area contributed by atoms with Gasteiger partial charge < -0.3 is 4.74 Å². The second-order valence-electron chi connectivity index (χ2n) is 5.28. The van der Waals surface area contributed by atoms with Gasteiger partial charge in [0, 0.05) is 21.8 Å². The molecular formula is C20H14Br2FNO. The second kappa shape index (κ2) is 8.41. The number of ether oxygens (including phenoxy) is 1. The van der Waals surface area contributed by atoms with Crippen LogP contribution in [0.3, 0.4) is 0 Å². The molecule has 0 fully saturated rings. The lowest BCUT2D eigenvalue weighted by molar-refractivity contribution is 0.297. The van der Waals surface area contributed by atoms with Crippen LogP contribution in [0.1, 0.15) is 11.1 Å². The fourth-order valence-electron chi connectivity index (χ4n) is 2.25. The third-order valence-corrected chi connectivity index (χ3v) is 4.52. The Bertz CT molecular complexity index is 897. The minimum atomic E-state index is -0.282. The molecule has 126 valence electrons. The zero-order valence-corrected chi connectivity index (χ0v) is 16.3. The van der Waals surface area contributed by atoms with Gasteiger partial charge in [-0.15, -0.1) is 0 Å². The number of rotatable bonds is 5. The summed E-state index contributed by atoms with van der Waals surface area (Å²) in [5, 5.41) is 0. The minimum Gasteiger partial charge on any atom is -0.487 e. The summed E-state index contributed by atoms with van der Waals surface area (Å²) in [6, 6.07) is 20.0. The number of para-hydroxylation sites is 1. The van der Waals surface area contributed by atoms with Gasteiger partial charge in [0.05, 0.1) is 10.2 Å². The van der Waals surface area contributed by atoms with Crippen LogP contribution in [-0.2, 0) is 6.61 Å². The van der Waals surface area contributed by atoms with E-state index in [0.717, 1.165) is 20.2 Å².